The predicted molar refractivity (Wildman–Crippen MR) is 79.9 cm³/mol. The fourth-order valence-corrected chi connectivity index (χ4v) is 3.24. The van der Waals surface area contributed by atoms with E-state index in [1.54, 1.807) is 6.26 Å². The van der Waals surface area contributed by atoms with E-state index in [1.807, 2.05) is 28.6 Å². The zero-order valence-corrected chi connectivity index (χ0v) is 12.8. The molecule has 2 aromatic heterocycles. The molecule has 1 aliphatic rings. The number of piperidine rings is 1. The van der Waals surface area contributed by atoms with Gasteiger partial charge in [0.1, 0.15) is 0 Å². The molecular weight excluding hydrogens is 288 g/mol. The number of hydrogen-bond acceptors (Lipinski definition) is 5. The van der Waals surface area contributed by atoms with Gasteiger partial charge in [0.05, 0.1) is 12.0 Å². The van der Waals surface area contributed by atoms with Gasteiger partial charge >= 0.3 is 0 Å². The lowest BCUT2D eigenvalue weighted by molar-refractivity contribution is -0.129. The number of carbonyl (C=O) groups is 1. The molecule has 0 N–H and O–H groups in total. The van der Waals surface area contributed by atoms with Gasteiger partial charge in [-0.05, 0) is 31.4 Å². The first-order valence-corrected chi connectivity index (χ1v) is 8.08. The Morgan fingerprint density at radius 1 is 1.33 bits per heavy atom. The summed E-state index contributed by atoms with van der Waals surface area (Å²) < 4.78 is 7.18. The van der Waals surface area contributed by atoms with Crippen molar-refractivity contribution in [3.05, 3.63) is 18.4 Å². The van der Waals surface area contributed by atoms with Crippen LogP contribution in [0.25, 0.3) is 11.6 Å². The summed E-state index contributed by atoms with van der Waals surface area (Å²) in [6, 6.07) is 3.66. The molecule has 0 aromatic carbocycles. The van der Waals surface area contributed by atoms with Gasteiger partial charge in [-0.2, -0.15) is 0 Å². The minimum Gasteiger partial charge on any atom is -0.461 e. The van der Waals surface area contributed by atoms with Gasteiger partial charge in [-0.3, -0.25) is 4.79 Å². The zero-order valence-electron chi connectivity index (χ0n) is 12.0. The molecule has 0 saturated carbocycles. The first kappa shape index (κ1) is 14.2. The Kier molecular flexibility index (Phi) is 4.28. The van der Waals surface area contributed by atoms with Crippen molar-refractivity contribution in [2.75, 3.05) is 18.8 Å². The van der Waals surface area contributed by atoms with E-state index in [0.29, 0.717) is 17.3 Å². The zero-order chi connectivity index (χ0) is 14.7. The number of aromatic nitrogens is 3. The molecule has 6 nitrogen and oxygen atoms in total. The Morgan fingerprint density at radius 2 is 2.14 bits per heavy atom. The standard InChI is InChI=1S/C14H18N4O2S/c1-17-13(11-6-5-9-20-11)15-16-14(17)21-10-12(19)18-7-3-2-4-8-18/h5-6,9H,2-4,7-8,10H2,1H3. The molecule has 1 aliphatic heterocycles. The van der Waals surface area contributed by atoms with Crippen molar-refractivity contribution in [2.45, 2.75) is 24.4 Å². The molecule has 0 radical (unpaired) electrons. The molecule has 3 heterocycles. The molecule has 0 bridgehead atoms. The van der Waals surface area contributed by atoms with Crippen molar-refractivity contribution >= 4 is 17.7 Å². The van der Waals surface area contributed by atoms with Crippen molar-refractivity contribution in [1.29, 1.82) is 0 Å². The van der Waals surface area contributed by atoms with E-state index in [4.69, 9.17) is 4.42 Å². The minimum absolute atomic E-state index is 0.183. The third kappa shape index (κ3) is 3.12. The quantitative estimate of drug-likeness (QED) is 0.810. The third-order valence-corrected chi connectivity index (χ3v) is 4.61. The van der Waals surface area contributed by atoms with Crippen molar-refractivity contribution in [1.82, 2.24) is 19.7 Å². The molecule has 1 saturated heterocycles. The van der Waals surface area contributed by atoms with E-state index in [9.17, 15) is 4.79 Å². The second-order valence-electron chi connectivity index (χ2n) is 5.07. The summed E-state index contributed by atoms with van der Waals surface area (Å²) in [4.78, 5) is 14.1. The second-order valence-corrected chi connectivity index (χ2v) is 6.02. The number of amides is 1. The highest BCUT2D eigenvalue weighted by Crippen LogP contribution is 2.23. The fraction of sp³-hybridized carbons (Fsp3) is 0.500. The molecule has 21 heavy (non-hydrogen) atoms. The molecule has 0 spiro atoms. The van der Waals surface area contributed by atoms with Crippen LogP contribution in [0.1, 0.15) is 19.3 Å². The maximum atomic E-state index is 12.1. The number of hydrogen-bond donors (Lipinski definition) is 0. The maximum absolute atomic E-state index is 12.1. The van der Waals surface area contributed by atoms with Crippen LogP contribution in [0, 0.1) is 0 Å². The first-order valence-electron chi connectivity index (χ1n) is 7.09. The molecule has 7 heteroatoms. The highest BCUT2D eigenvalue weighted by atomic mass is 32.2. The molecule has 3 rings (SSSR count). The number of carbonyl (C=O) groups excluding carboxylic acids is 1. The molecule has 0 unspecified atom stereocenters. The van der Waals surface area contributed by atoms with Crippen molar-refractivity contribution in [3.8, 4) is 11.6 Å². The summed E-state index contributed by atoms with van der Waals surface area (Å²) in [7, 11) is 1.88. The van der Waals surface area contributed by atoms with E-state index in [-0.39, 0.29) is 5.91 Å². The number of furan rings is 1. The molecule has 1 fully saturated rings. The summed E-state index contributed by atoms with van der Waals surface area (Å²) in [5.41, 5.74) is 0. The summed E-state index contributed by atoms with van der Waals surface area (Å²) in [5.74, 6) is 1.94. The van der Waals surface area contributed by atoms with Gasteiger partial charge in [-0.15, -0.1) is 10.2 Å². The molecule has 112 valence electrons. The van der Waals surface area contributed by atoms with Crippen LogP contribution < -0.4 is 0 Å². The largest absolute Gasteiger partial charge is 0.461 e. The van der Waals surface area contributed by atoms with Gasteiger partial charge < -0.3 is 13.9 Å². The Hall–Kier alpha value is -1.76. The lowest BCUT2D eigenvalue weighted by Gasteiger charge is -2.26. The fourth-order valence-electron chi connectivity index (χ4n) is 2.42. The molecular formula is C14H18N4O2S. The summed E-state index contributed by atoms with van der Waals surface area (Å²) >= 11 is 1.42. The van der Waals surface area contributed by atoms with Crippen molar-refractivity contribution in [3.63, 3.8) is 0 Å². The van der Waals surface area contributed by atoms with Crippen LogP contribution in [-0.4, -0.2) is 44.4 Å². The van der Waals surface area contributed by atoms with E-state index in [0.717, 1.165) is 31.1 Å². The van der Waals surface area contributed by atoms with Crippen LogP contribution in [0.2, 0.25) is 0 Å². The Labute approximate surface area is 127 Å². The number of rotatable bonds is 4. The molecule has 1 amide bonds. The maximum Gasteiger partial charge on any atom is 0.233 e. The molecule has 0 aliphatic carbocycles. The lowest BCUT2D eigenvalue weighted by atomic mass is 10.1. The van der Waals surface area contributed by atoms with Gasteiger partial charge in [-0.25, -0.2) is 0 Å². The number of thioether (sulfide) groups is 1. The Bertz CT molecular complexity index is 603. The molecule has 0 atom stereocenters. The van der Waals surface area contributed by atoms with Gasteiger partial charge in [0, 0.05) is 20.1 Å². The van der Waals surface area contributed by atoms with E-state index >= 15 is 0 Å². The van der Waals surface area contributed by atoms with Gasteiger partial charge in [0.2, 0.25) is 5.91 Å². The normalized spacial score (nSPS) is 15.4. The van der Waals surface area contributed by atoms with E-state index < -0.39 is 0 Å². The summed E-state index contributed by atoms with van der Waals surface area (Å²) in [6.07, 6.45) is 5.06. The van der Waals surface area contributed by atoms with Crippen LogP contribution in [0.3, 0.4) is 0 Å². The average Bonchev–Trinajstić information content (AvgIpc) is 3.15. The average molecular weight is 306 g/mol. The SMILES string of the molecule is Cn1c(SCC(=O)N2CCCCC2)nnc1-c1ccco1. The smallest absolute Gasteiger partial charge is 0.233 e. The lowest BCUT2D eigenvalue weighted by Crippen LogP contribution is -2.36. The van der Waals surface area contributed by atoms with Crippen LogP contribution >= 0.6 is 11.8 Å². The van der Waals surface area contributed by atoms with Crippen LogP contribution in [-0.2, 0) is 11.8 Å². The van der Waals surface area contributed by atoms with Crippen LogP contribution in [0.4, 0.5) is 0 Å². The summed E-state index contributed by atoms with van der Waals surface area (Å²) in [5, 5.41) is 8.98. The van der Waals surface area contributed by atoms with E-state index in [1.165, 1.54) is 18.2 Å². The number of likely N-dealkylation sites (tertiary alicyclic amines) is 1. The Morgan fingerprint density at radius 3 is 2.86 bits per heavy atom. The third-order valence-electron chi connectivity index (χ3n) is 3.61. The first-order chi connectivity index (χ1) is 10.3. The van der Waals surface area contributed by atoms with Gasteiger partial charge in [0.15, 0.2) is 16.7 Å². The monoisotopic (exact) mass is 306 g/mol. The summed E-state index contributed by atoms with van der Waals surface area (Å²) in [6.45, 7) is 1.77. The Balaban J connectivity index is 1.62. The van der Waals surface area contributed by atoms with Gasteiger partial charge in [0.25, 0.3) is 0 Å². The van der Waals surface area contributed by atoms with E-state index in [2.05, 4.69) is 10.2 Å². The molecule has 2 aromatic rings. The highest BCUT2D eigenvalue weighted by Gasteiger charge is 2.19. The van der Waals surface area contributed by atoms with Crippen LogP contribution in [0.15, 0.2) is 28.0 Å². The minimum atomic E-state index is 0.183. The topological polar surface area (TPSA) is 64.2 Å². The highest BCUT2D eigenvalue weighted by molar-refractivity contribution is 7.99. The predicted octanol–water partition coefficient (Wildman–Crippen LogP) is 2.18. The van der Waals surface area contributed by atoms with Crippen molar-refractivity contribution < 1.29 is 9.21 Å². The van der Waals surface area contributed by atoms with Gasteiger partial charge in [-0.1, -0.05) is 11.8 Å². The number of nitrogens with zero attached hydrogens (tertiary/aromatic N) is 4. The van der Waals surface area contributed by atoms with Crippen LogP contribution in [0.5, 0.6) is 0 Å². The van der Waals surface area contributed by atoms with Crippen molar-refractivity contribution in [2.24, 2.45) is 7.05 Å². The second kappa shape index (κ2) is 6.34.